The molecule has 0 bridgehead atoms. The second kappa shape index (κ2) is 8.89. The molecule has 1 aliphatic heterocycles. The smallest absolute Gasteiger partial charge is 0.147 e. The molecule has 5 nitrogen and oxygen atoms in total. The monoisotopic (exact) mass is 395 g/mol. The highest BCUT2D eigenvalue weighted by Gasteiger charge is 2.32. The minimum absolute atomic E-state index is 0.0566. The Morgan fingerprint density at radius 3 is 2.43 bits per heavy atom. The van der Waals surface area contributed by atoms with Gasteiger partial charge in [-0.2, -0.15) is 10.3 Å². The third-order valence-electron chi connectivity index (χ3n) is 5.41. The van der Waals surface area contributed by atoms with Crippen molar-refractivity contribution in [1.82, 2.24) is 9.99 Å². The van der Waals surface area contributed by atoms with Crippen LogP contribution < -0.4 is 5.01 Å². The van der Waals surface area contributed by atoms with Gasteiger partial charge >= 0.3 is 0 Å². The number of hydrogen-bond acceptors (Lipinski definition) is 5. The molecule has 0 aliphatic carbocycles. The first-order chi connectivity index (χ1) is 14.7. The van der Waals surface area contributed by atoms with Crippen LogP contribution in [0.5, 0.6) is 0 Å². The van der Waals surface area contributed by atoms with Crippen molar-refractivity contribution in [3.63, 3.8) is 0 Å². The first kappa shape index (κ1) is 19.8. The molecule has 5 heteroatoms. The number of aliphatic imine (C=N–C) groups is 1. The minimum Gasteiger partial charge on any atom is -0.265 e. The second-order valence-electron chi connectivity index (χ2n) is 7.39. The van der Waals surface area contributed by atoms with Crippen molar-refractivity contribution in [2.45, 2.75) is 32.4 Å². The third-order valence-corrected chi connectivity index (χ3v) is 5.41. The first-order valence-electron chi connectivity index (χ1n) is 10.3. The van der Waals surface area contributed by atoms with Gasteiger partial charge in [-0.05, 0) is 53.4 Å². The summed E-state index contributed by atoms with van der Waals surface area (Å²) in [5, 5.41) is 13.8. The fraction of sp³-hybridized carbons (Fsp3) is 0.240. The highest BCUT2D eigenvalue weighted by atomic mass is 15.7. The van der Waals surface area contributed by atoms with Gasteiger partial charge < -0.3 is 0 Å². The van der Waals surface area contributed by atoms with Crippen LogP contribution in [0.15, 0.2) is 78.0 Å². The molecule has 0 fully saturated rings. The Labute approximate surface area is 177 Å². The number of amidine groups is 1. The number of anilines is 1. The Balaban J connectivity index is 1.66. The summed E-state index contributed by atoms with van der Waals surface area (Å²) < 4.78 is 0. The second-order valence-corrected chi connectivity index (χ2v) is 7.39. The van der Waals surface area contributed by atoms with Crippen LogP contribution in [0.25, 0.3) is 11.1 Å². The van der Waals surface area contributed by atoms with E-state index >= 15 is 0 Å². The maximum absolute atomic E-state index is 9.41. The molecule has 3 aromatic rings. The van der Waals surface area contributed by atoms with Crippen molar-refractivity contribution < 1.29 is 0 Å². The van der Waals surface area contributed by atoms with E-state index in [-0.39, 0.29) is 6.17 Å². The summed E-state index contributed by atoms with van der Waals surface area (Å²) in [5.41, 5.74) is 4.88. The van der Waals surface area contributed by atoms with Crippen LogP contribution in [0, 0.1) is 11.3 Å². The molecule has 4 rings (SSSR count). The highest BCUT2D eigenvalue weighted by Crippen LogP contribution is 2.34. The van der Waals surface area contributed by atoms with Gasteiger partial charge in [0.1, 0.15) is 12.0 Å². The van der Waals surface area contributed by atoms with E-state index < -0.39 is 0 Å². The molecule has 1 aliphatic rings. The van der Waals surface area contributed by atoms with E-state index in [4.69, 9.17) is 4.99 Å². The third kappa shape index (κ3) is 3.83. The topological polar surface area (TPSA) is 55.5 Å². The van der Waals surface area contributed by atoms with Gasteiger partial charge in [0.15, 0.2) is 0 Å². The summed E-state index contributed by atoms with van der Waals surface area (Å²) in [6.45, 7) is 2.20. The van der Waals surface area contributed by atoms with Crippen LogP contribution in [-0.2, 0) is 0 Å². The number of nitriles is 1. The molecule has 1 atom stereocenters. The average molecular weight is 396 g/mol. The summed E-state index contributed by atoms with van der Waals surface area (Å²) in [7, 11) is 2.08. The summed E-state index contributed by atoms with van der Waals surface area (Å²) in [4.78, 5) is 9.18. The Morgan fingerprint density at radius 2 is 1.73 bits per heavy atom. The number of benzene rings is 2. The maximum atomic E-state index is 9.41. The molecule has 2 heterocycles. The molecular formula is C25H25N5. The van der Waals surface area contributed by atoms with Crippen LogP contribution >= 0.6 is 0 Å². The van der Waals surface area contributed by atoms with Crippen molar-refractivity contribution in [2.24, 2.45) is 4.99 Å². The average Bonchev–Trinajstić information content (AvgIpc) is 3.14. The van der Waals surface area contributed by atoms with Crippen molar-refractivity contribution in [2.75, 3.05) is 12.1 Å². The van der Waals surface area contributed by atoms with E-state index in [2.05, 4.69) is 59.3 Å². The van der Waals surface area contributed by atoms with E-state index in [9.17, 15) is 5.26 Å². The van der Waals surface area contributed by atoms with Gasteiger partial charge in [0.05, 0.1) is 17.3 Å². The zero-order valence-electron chi connectivity index (χ0n) is 17.4. The molecule has 30 heavy (non-hydrogen) atoms. The molecular weight excluding hydrogens is 370 g/mol. The van der Waals surface area contributed by atoms with Gasteiger partial charge in [0.25, 0.3) is 0 Å². The molecule has 0 radical (unpaired) electrons. The summed E-state index contributed by atoms with van der Waals surface area (Å²) >= 11 is 0. The lowest BCUT2D eigenvalue weighted by molar-refractivity contribution is 0.288. The number of hydrazine groups is 1. The molecule has 0 N–H and O–H groups in total. The molecule has 150 valence electrons. The largest absolute Gasteiger partial charge is 0.265 e. The zero-order valence-corrected chi connectivity index (χ0v) is 17.4. The molecule has 0 saturated heterocycles. The van der Waals surface area contributed by atoms with Crippen molar-refractivity contribution in [3.8, 4) is 17.2 Å². The van der Waals surface area contributed by atoms with E-state index in [1.807, 2.05) is 48.8 Å². The van der Waals surface area contributed by atoms with E-state index in [0.29, 0.717) is 5.56 Å². The van der Waals surface area contributed by atoms with Crippen LogP contribution in [0.1, 0.15) is 43.5 Å². The Bertz CT molecular complexity index is 1070. The standard InChI is InChI=1S/C25H25N5/c1-3-4-9-24-28-25(20-14-16-27-17-15-20)29(2)30(24)22-12-10-19(11-13-22)23-8-6-5-7-21(23)18-26/h5-8,10-17,25H,3-4,9H2,1-2H3. The zero-order chi connectivity index (χ0) is 20.9. The van der Waals surface area contributed by atoms with E-state index in [0.717, 1.165) is 47.5 Å². The van der Waals surface area contributed by atoms with Crippen LogP contribution in [0.3, 0.4) is 0 Å². The van der Waals surface area contributed by atoms with Crippen LogP contribution in [0.2, 0.25) is 0 Å². The highest BCUT2D eigenvalue weighted by molar-refractivity contribution is 5.98. The molecule has 0 saturated carbocycles. The lowest BCUT2D eigenvalue weighted by Gasteiger charge is -2.30. The molecule has 0 amide bonds. The summed E-state index contributed by atoms with van der Waals surface area (Å²) in [6.07, 6.45) is 6.73. The van der Waals surface area contributed by atoms with Crippen LogP contribution in [-0.4, -0.2) is 22.9 Å². The van der Waals surface area contributed by atoms with Gasteiger partial charge in [0.2, 0.25) is 0 Å². The minimum atomic E-state index is -0.0566. The molecule has 1 unspecified atom stereocenters. The Hall–Kier alpha value is -3.49. The van der Waals surface area contributed by atoms with Gasteiger partial charge in [-0.25, -0.2) is 4.99 Å². The predicted molar refractivity (Wildman–Crippen MR) is 121 cm³/mol. The van der Waals surface area contributed by atoms with Gasteiger partial charge in [0, 0.05) is 25.9 Å². The van der Waals surface area contributed by atoms with Crippen LogP contribution in [0.4, 0.5) is 5.69 Å². The van der Waals surface area contributed by atoms with Gasteiger partial charge in [-0.1, -0.05) is 43.7 Å². The summed E-state index contributed by atoms with van der Waals surface area (Å²) in [6, 6.07) is 22.4. The lowest BCUT2D eigenvalue weighted by Crippen LogP contribution is -2.39. The lowest BCUT2D eigenvalue weighted by atomic mass is 10.0. The molecule has 0 spiro atoms. The SMILES string of the molecule is CCCCC1=NC(c2ccncc2)N(C)N1c1ccc(-c2ccccc2C#N)cc1. The van der Waals surface area contributed by atoms with E-state index in [1.165, 1.54) is 0 Å². The van der Waals surface area contributed by atoms with Crippen molar-refractivity contribution in [1.29, 1.82) is 5.26 Å². The number of rotatable bonds is 6. The normalized spacial score (nSPS) is 16.4. The summed E-state index contributed by atoms with van der Waals surface area (Å²) in [5.74, 6) is 1.08. The maximum Gasteiger partial charge on any atom is 0.147 e. The number of nitrogens with zero attached hydrogens (tertiary/aromatic N) is 5. The Kier molecular flexibility index (Phi) is 5.87. The molecule has 2 aromatic carbocycles. The van der Waals surface area contributed by atoms with Gasteiger partial charge in [-0.3, -0.25) is 9.99 Å². The number of aromatic nitrogens is 1. The fourth-order valence-corrected chi connectivity index (χ4v) is 3.85. The Morgan fingerprint density at radius 1 is 1.00 bits per heavy atom. The first-order valence-corrected chi connectivity index (χ1v) is 10.3. The number of hydrogen-bond donors (Lipinski definition) is 0. The quantitative estimate of drug-likeness (QED) is 0.547. The number of pyridine rings is 1. The fourth-order valence-electron chi connectivity index (χ4n) is 3.85. The predicted octanol–water partition coefficient (Wildman–Crippen LogP) is 5.57. The molecule has 1 aromatic heterocycles. The van der Waals surface area contributed by atoms with E-state index in [1.54, 1.807) is 0 Å². The van der Waals surface area contributed by atoms with Crippen molar-refractivity contribution in [3.05, 3.63) is 84.2 Å². The van der Waals surface area contributed by atoms with Crippen molar-refractivity contribution >= 4 is 11.5 Å². The van der Waals surface area contributed by atoms with Gasteiger partial charge in [-0.15, -0.1) is 0 Å². The number of unbranched alkanes of at least 4 members (excludes halogenated alkanes) is 1.